The van der Waals surface area contributed by atoms with Crippen LogP contribution in [0.4, 0.5) is 10.1 Å². The monoisotopic (exact) mass is 185 g/mol. The molecule has 1 unspecified atom stereocenters. The average molecular weight is 185 g/mol. The zero-order chi connectivity index (χ0) is 10.0. The molecule has 0 amide bonds. The second kappa shape index (κ2) is 3.49. The summed E-state index contributed by atoms with van der Waals surface area (Å²) in [5.74, 6) is -0.927. The zero-order valence-electron chi connectivity index (χ0n) is 6.90. The van der Waals surface area contributed by atoms with Crippen LogP contribution in [-0.2, 0) is 0 Å². The summed E-state index contributed by atoms with van der Waals surface area (Å²) in [5, 5.41) is 19.5. The van der Waals surface area contributed by atoms with E-state index in [-0.39, 0.29) is 5.56 Å². The molecule has 1 aromatic carbocycles. The molecule has 70 valence electrons. The summed E-state index contributed by atoms with van der Waals surface area (Å²) < 4.78 is 12.9. The number of aliphatic hydroxyl groups excluding tert-OH is 1. The molecule has 0 saturated carbocycles. The van der Waals surface area contributed by atoms with Gasteiger partial charge in [-0.1, -0.05) is 6.07 Å². The maximum absolute atomic E-state index is 12.9. The van der Waals surface area contributed by atoms with Gasteiger partial charge in [-0.25, -0.2) is 0 Å². The Labute approximate surface area is 73.8 Å². The summed E-state index contributed by atoms with van der Waals surface area (Å²) in [5.41, 5.74) is -0.664. The maximum atomic E-state index is 12.9. The van der Waals surface area contributed by atoms with Crippen LogP contribution in [0.25, 0.3) is 0 Å². The molecule has 1 aromatic rings. The predicted octanol–water partition coefficient (Wildman–Crippen LogP) is 1.79. The number of benzene rings is 1. The Morgan fingerprint density at radius 1 is 1.62 bits per heavy atom. The Balaban J connectivity index is 3.34. The molecule has 5 heteroatoms. The molecule has 4 nitrogen and oxygen atoms in total. The van der Waals surface area contributed by atoms with Crippen LogP contribution in [0.1, 0.15) is 18.6 Å². The molecule has 0 aromatic heterocycles. The third-order valence-electron chi connectivity index (χ3n) is 1.65. The van der Waals surface area contributed by atoms with Gasteiger partial charge in [0.15, 0.2) is 0 Å². The normalized spacial score (nSPS) is 12.5. The molecule has 1 rings (SSSR count). The van der Waals surface area contributed by atoms with Crippen LogP contribution in [-0.4, -0.2) is 10.0 Å². The molecule has 0 fully saturated rings. The van der Waals surface area contributed by atoms with Crippen LogP contribution in [0.15, 0.2) is 18.2 Å². The minimum absolute atomic E-state index is 0.00926. The summed E-state index contributed by atoms with van der Waals surface area (Å²) in [6.45, 7) is 1.35. The Morgan fingerprint density at radius 3 is 2.62 bits per heavy atom. The minimum Gasteiger partial charge on any atom is -0.388 e. The number of aliphatic hydroxyl groups is 1. The van der Waals surface area contributed by atoms with Crippen molar-refractivity contribution in [2.75, 3.05) is 0 Å². The molecule has 13 heavy (non-hydrogen) atoms. The lowest BCUT2D eigenvalue weighted by Crippen LogP contribution is -2.01. The Hall–Kier alpha value is -1.49. The highest BCUT2D eigenvalue weighted by Gasteiger charge is 2.21. The van der Waals surface area contributed by atoms with Crippen molar-refractivity contribution < 1.29 is 14.4 Å². The number of rotatable bonds is 2. The maximum Gasteiger partial charge on any atom is 0.310 e. The van der Waals surface area contributed by atoms with E-state index in [2.05, 4.69) is 0 Å². The highest BCUT2D eigenvalue weighted by molar-refractivity contribution is 5.42. The number of hydrogen-bond donors (Lipinski definition) is 1. The van der Waals surface area contributed by atoms with Gasteiger partial charge in [0.25, 0.3) is 0 Å². The minimum atomic E-state index is -1.05. The molecule has 0 aliphatic heterocycles. The molecular weight excluding hydrogens is 177 g/mol. The third-order valence-corrected chi connectivity index (χ3v) is 1.65. The lowest BCUT2D eigenvalue weighted by molar-refractivity contribution is -0.388. The summed E-state index contributed by atoms with van der Waals surface area (Å²) in [6, 6.07) is 3.64. The number of nitro benzene ring substituents is 1. The quantitative estimate of drug-likeness (QED) is 0.564. The summed E-state index contributed by atoms with van der Waals surface area (Å²) in [7, 11) is 0. The Morgan fingerprint density at radius 2 is 2.23 bits per heavy atom. The van der Waals surface area contributed by atoms with Crippen LogP contribution in [0.2, 0.25) is 0 Å². The van der Waals surface area contributed by atoms with Gasteiger partial charge in [-0.3, -0.25) is 10.1 Å². The summed E-state index contributed by atoms with van der Waals surface area (Å²) in [6.07, 6.45) is -1.05. The van der Waals surface area contributed by atoms with E-state index >= 15 is 0 Å². The van der Waals surface area contributed by atoms with Gasteiger partial charge in [0.05, 0.1) is 16.6 Å². The molecule has 0 bridgehead atoms. The molecule has 0 heterocycles. The number of nitro groups is 1. The van der Waals surface area contributed by atoms with E-state index in [0.717, 1.165) is 6.07 Å². The highest BCUT2D eigenvalue weighted by Crippen LogP contribution is 2.27. The van der Waals surface area contributed by atoms with E-state index in [9.17, 15) is 14.5 Å². The van der Waals surface area contributed by atoms with E-state index in [4.69, 9.17) is 5.11 Å². The van der Waals surface area contributed by atoms with Crippen molar-refractivity contribution in [3.63, 3.8) is 0 Å². The highest BCUT2D eigenvalue weighted by atomic mass is 19.1. The van der Waals surface area contributed by atoms with E-state index in [1.54, 1.807) is 0 Å². The molecule has 0 aliphatic rings. The molecule has 0 spiro atoms. The fourth-order valence-electron chi connectivity index (χ4n) is 1.06. The number of para-hydroxylation sites is 1. The van der Waals surface area contributed by atoms with E-state index in [1.165, 1.54) is 19.1 Å². The van der Waals surface area contributed by atoms with Gasteiger partial charge < -0.3 is 5.11 Å². The van der Waals surface area contributed by atoms with Crippen molar-refractivity contribution in [3.8, 4) is 0 Å². The summed E-state index contributed by atoms with van der Waals surface area (Å²) in [4.78, 5) is 9.57. The van der Waals surface area contributed by atoms with Crippen molar-refractivity contribution >= 4 is 5.69 Å². The smallest absolute Gasteiger partial charge is 0.310 e. The first kappa shape index (κ1) is 9.60. The largest absolute Gasteiger partial charge is 0.388 e. The third kappa shape index (κ3) is 1.81. The average Bonchev–Trinajstić information content (AvgIpc) is 2.02. The first-order chi connectivity index (χ1) is 6.04. The first-order valence-electron chi connectivity index (χ1n) is 3.65. The zero-order valence-corrected chi connectivity index (χ0v) is 6.90. The van der Waals surface area contributed by atoms with Crippen LogP contribution in [0.5, 0.6) is 0 Å². The molecule has 0 aliphatic carbocycles. The molecule has 0 radical (unpaired) electrons. The van der Waals surface area contributed by atoms with Gasteiger partial charge in [0.1, 0.15) is 0 Å². The predicted molar refractivity (Wildman–Crippen MR) is 43.7 cm³/mol. The second-order valence-corrected chi connectivity index (χ2v) is 2.61. The van der Waals surface area contributed by atoms with Crippen LogP contribution < -0.4 is 0 Å². The number of nitrogens with zero attached hydrogens (tertiary/aromatic N) is 1. The Kier molecular flexibility index (Phi) is 2.57. The fourth-order valence-corrected chi connectivity index (χ4v) is 1.06. The van der Waals surface area contributed by atoms with Crippen molar-refractivity contribution in [2.24, 2.45) is 0 Å². The van der Waals surface area contributed by atoms with Gasteiger partial charge in [-0.05, 0) is 19.1 Å². The second-order valence-electron chi connectivity index (χ2n) is 2.61. The fraction of sp³-hybridized carbons (Fsp3) is 0.250. The van der Waals surface area contributed by atoms with Crippen molar-refractivity contribution in [1.29, 1.82) is 0 Å². The summed E-state index contributed by atoms with van der Waals surface area (Å²) >= 11 is 0. The van der Waals surface area contributed by atoms with Crippen molar-refractivity contribution in [1.82, 2.24) is 0 Å². The van der Waals surface area contributed by atoms with Gasteiger partial charge in [0, 0.05) is 0 Å². The van der Waals surface area contributed by atoms with E-state index in [0.29, 0.717) is 0 Å². The molecule has 1 atom stereocenters. The lowest BCUT2D eigenvalue weighted by Gasteiger charge is -2.05. The molecule has 0 saturated heterocycles. The van der Waals surface area contributed by atoms with E-state index in [1.807, 2.05) is 0 Å². The van der Waals surface area contributed by atoms with Gasteiger partial charge >= 0.3 is 5.69 Å². The number of hydrogen-bond acceptors (Lipinski definition) is 3. The van der Waals surface area contributed by atoms with Crippen LogP contribution >= 0.6 is 0 Å². The van der Waals surface area contributed by atoms with Crippen LogP contribution in [0, 0.1) is 15.9 Å². The van der Waals surface area contributed by atoms with Gasteiger partial charge in [0.2, 0.25) is 5.82 Å². The SMILES string of the molecule is CC(O)c1cccc(F)c1[N+](=O)[O-]. The standard InChI is InChI=1S/C8H8FNO3/c1-5(11)6-3-2-4-7(9)8(6)10(12)13/h2-5,11H,1H3. The van der Waals surface area contributed by atoms with Crippen molar-refractivity contribution in [2.45, 2.75) is 13.0 Å². The van der Waals surface area contributed by atoms with E-state index < -0.39 is 22.5 Å². The lowest BCUT2D eigenvalue weighted by atomic mass is 10.1. The topological polar surface area (TPSA) is 63.4 Å². The molecule has 1 N–H and O–H groups in total. The molecular formula is C8H8FNO3. The Bertz CT molecular complexity index is 338. The van der Waals surface area contributed by atoms with Gasteiger partial charge in [-0.2, -0.15) is 4.39 Å². The van der Waals surface area contributed by atoms with Crippen molar-refractivity contribution in [3.05, 3.63) is 39.7 Å². The first-order valence-corrected chi connectivity index (χ1v) is 3.65. The van der Waals surface area contributed by atoms with Crippen LogP contribution in [0.3, 0.4) is 0 Å². The number of halogens is 1. The van der Waals surface area contributed by atoms with Gasteiger partial charge in [-0.15, -0.1) is 0 Å².